The molecule has 0 radical (unpaired) electrons. The van der Waals surface area contributed by atoms with Gasteiger partial charge in [0.05, 0.1) is 22.5 Å². The molecule has 186 valence electrons. The highest BCUT2D eigenvalue weighted by molar-refractivity contribution is 7.22. The molecule has 0 saturated carbocycles. The third-order valence-electron chi connectivity index (χ3n) is 5.55. The smallest absolute Gasteiger partial charge is 0.260 e. The van der Waals surface area contributed by atoms with Gasteiger partial charge in [-0.05, 0) is 76.4 Å². The number of amides is 3. The van der Waals surface area contributed by atoms with Crippen molar-refractivity contribution in [3.05, 3.63) is 48.0 Å². The van der Waals surface area contributed by atoms with Crippen molar-refractivity contribution in [2.24, 2.45) is 0 Å². The van der Waals surface area contributed by atoms with Crippen molar-refractivity contribution in [3.63, 3.8) is 0 Å². The van der Waals surface area contributed by atoms with Gasteiger partial charge in [-0.15, -0.1) is 12.4 Å². The van der Waals surface area contributed by atoms with Crippen LogP contribution < -0.4 is 14.5 Å². The number of carbonyl (C=O) groups excluding carboxylic acids is 3. The zero-order chi connectivity index (χ0) is 24.2. The minimum Gasteiger partial charge on any atom is -0.494 e. The number of rotatable bonds is 9. The van der Waals surface area contributed by atoms with Gasteiger partial charge in [0.15, 0.2) is 5.13 Å². The van der Waals surface area contributed by atoms with Crippen LogP contribution in [-0.2, 0) is 9.59 Å². The van der Waals surface area contributed by atoms with Gasteiger partial charge in [0.2, 0.25) is 11.8 Å². The lowest BCUT2D eigenvalue weighted by molar-refractivity contribution is -0.121. The maximum atomic E-state index is 13.5. The van der Waals surface area contributed by atoms with Gasteiger partial charge in [-0.1, -0.05) is 11.3 Å². The van der Waals surface area contributed by atoms with Crippen LogP contribution in [0.4, 0.5) is 10.8 Å². The van der Waals surface area contributed by atoms with E-state index in [1.807, 2.05) is 39.2 Å². The van der Waals surface area contributed by atoms with E-state index in [-0.39, 0.29) is 43.0 Å². The number of halogens is 1. The van der Waals surface area contributed by atoms with Gasteiger partial charge in [-0.2, -0.15) is 0 Å². The molecule has 8 nitrogen and oxygen atoms in total. The van der Waals surface area contributed by atoms with Crippen molar-refractivity contribution in [2.75, 3.05) is 43.6 Å². The molecule has 35 heavy (non-hydrogen) atoms. The minimum absolute atomic E-state index is 0. The Morgan fingerprint density at radius 1 is 1.06 bits per heavy atom. The summed E-state index contributed by atoms with van der Waals surface area (Å²) >= 11 is 1.45. The highest BCUT2D eigenvalue weighted by atomic mass is 35.5. The fourth-order valence-electron chi connectivity index (χ4n) is 3.87. The van der Waals surface area contributed by atoms with Crippen LogP contribution in [0.25, 0.3) is 10.2 Å². The Kier molecular flexibility index (Phi) is 8.82. The molecule has 0 N–H and O–H groups in total. The molecule has 1 saturated heterocycles. The van der Waals surface area contributed by atoms with Gasteiger partial charge in [0.1, 0.15) is 5.75 Å². The lowest BCUT2D eigenvalue weighted by Gasteiger charge is -2.21. The predicted octanol–water partition coefficient (Wildman–Crippen LogP) is 4.37. The Balaban J connectivity index is 0.00000342. The molecule has 3 amide bonds. The molecule has 1 fully saturated rings. The quantitative estimate of drug-likeness (QED) is 0.393. The summed E-state index contributed by atoms with van der Waals surface area (Å²) in [5.41, 5.74) is 1.78. The van der Waals surface area contributed by atoms with Crippen LogP contribution in [-0.4, -0.2) is 61.4 Å². The fraction of sp³-hybridized carbons (Fsp3) is 0.360. The molecular formula is C25H29ClN4O4S. The Bertz CT molecular complexity index is 1200. The van der Waals surface area contributed by atoms with Crippen molar-refractivity contribution in [1.29, 1.82) is 0 Å². The van der Waals surface area contributed by atoms with Crippen molar-refractivity contribution in [1.82, 2.24) is 9.88 Å². The Morgan fingerprint density at radius 3 is 2.37 bits per heavy atom. The molecule has 0 atom stereocenters. The third kappa shape index (κ3) is 5.98. The number of aromatic nitrogens is 1. The maximum absolute atomic E-state index is 13.5. The van der Waals surface area contributed by atoms with E-state index in [1.54, 1.807) is 29.2 Å². The summed E-state index contributed by atoms with van der Waals surface area (Å²) < 4.78 is 6.55. The number of fused-ring (bicyclic) bond motifs is 1. The van der Waals surface area contributed by atoms with Crippen LogP contribution in [0.5, 0.6) is 5.75 Å². The number of hydrogen-bond acceptors (Lipinski definition) is 7. The van der Waals surface area contributed by atoms with Gasteiger partial charge in [-0.3, -0.25) is 24.2 Å². The van der Waals surface area contributed by atoms with E-state index in [1.165, 1.54) is 16.2 Å². The van der Waals surface area contributed by atoms with E-state index in [4.69, 9.17) is 9.72 Å². The zero-order valence-corrected chi connectivity index (χ0v) is 21.7. The van der Waals surface area contributed by atoms with Gasteiger partial charge in [0, 0.05) is 24.9 Å². The maximum Gasteiger partial charge on any atom is 0.260 e. The molecule has 0 unspecified atom stereocenters. The van der Waals surface area contributed by atoms with E-state index < -0.39 is 0 Å². The first kappa shape index (κ1) is 26.6. The molecule has 4 rings (SSSR count). The first-order valence-electron chi connectivity index (χ1n) is 11.3. The summed E-state index contributed by atoms with van der Waals surface area (Å²) in [7, 11) is 4.00. The fourth-order valence-corrected chi connectivity index (χ4v) is 4.89. The Labute approximate surface area is 214 Å². The number of benzene rings is 2. The van der Waals surface area contributed by atoms with Gasteiger partial charge in [0.25, 0.3) is 5.91 Å². The monoisotopic (exact) mass is 516 g/mol. The number of ether oxygens (including phenoxy) is 1. The summed E-state index contributed by atoms with van der Waals surface area (Å²) in [6, 6.07) is 12.4. The average Bonchev–Trinajstić information content (AvgIpc) is 3.38. The molecule has 1 aliphatic rings. The molecule has 10 heteroatoms. The molecular weight excluding hydrogens is 488 g/mol. The second kappa shape index (κ2) is 11.6. The largest absolute Gasteiger partial charge is 0.494 e. The van der Waals surface area contributed by atoms with Crippen LogP contribution in [0, 0.1) is 0 Å². The SMILES string of the molecule is CCOc1ccc2nc(N(CCCN(C)C)C(=O)c3ccc(N4C(=O)CCC4=O)cc3)sc2c1.Cl. The summed E-state index contributed by atoms with van der Waals surface area (Å²) in [4.78, 5) is 47.3. The Morgan fingerprint density at radius 2 is 1.74 bits per heavy atom. The number of carbonyl (C=O) groups is 3. The number of hydrogen-bond donors (Lipinski definition) is 0. The molecule has 0 aliphatic carbocycles. The number of imide groups is 1. The van der Waals surface area contributed by atoms with Crippen LogP contribution in [0.3, 0.4) is 0 Å². The molecule has 1 aromatic heterocycles. The topological polar surface area (TPSA) is 83.1 Å². The average molecular weight is 517 g/mol. The lowest BCUT2D eigenvalue weighted by Crippen LogP contribution is -2.33. The minimum atomic E-state index is -0.213. The normalized spacial score (nSPS) is 13.4. The van der Waals surface area contributed by atoms with Gasteiger partial charge in [-0.25, -0.2) is 4.98 Å². The van der Waals surface area contributed by atoms with E-state index in [0.717, 1.165) is 28.9 Å². The number of thiazole rings is 1. The van der Waals surface area contributed by atoms with Gasteiger partial charge >= 0.3 is 0 Å². The second-order valence-corrected chi connectivity index (χ2v) is 9.35. The van der Waals surface area contributed by atoms with Crippen LogP contribution in [0.1, 0.15) is 36.5 Å². The van der Waals surface area contributed by atoms with Crippen molar-refractivity contribution in [3.8, 4) is 5.75 Å². The predicted molar refractivity (Wildman–Crippen MR) is 141 cm³/mol. The summed E-state index contributed by atoms with van der Waals surface area (Å²) in [5, 5.41) is 0.626. The summed E-state index contributed by atoms with van der Waals surface area (Å²) in [5.74, 6) is 0.177. The van der Waals surface area contributed by atoms with Crippen LogP contribution in [0.2, 0.25) is 0 Å². The number of anilines is 2. The molecule has 3 aromatic rings. The first-order chi connectivity index (χ1) is 16.4. The highest BCUT2D eigenvalue weighted by Gasteiger charge is 2.30. The molecule has 2 aromatic carbocycles. The standard InChI is InChI=1S/C25H28N4O4S.ClH/c1-4-33-19-10-11-20-21(16-19)34-25(26-20)28(15-5-14-27(2)3)24(32)17-6-8-18(9-7-17)29-22(30)12-13-23(29)31;/h6-11,16H,4-5,12-15H2,1-3H3;1H. The summed E-state index contributed by atoms with van der Waals surface area (Å²) in [6.07, 6.45) is 1.23. The van der Waals surface area contributed by atoms with E-state index >= 15 is 0 Å². The molecule has 0 bridgehead atoms. The highest BCUT2D eigenvalue weighted by Crippen LogP contribution is 2.33. The van der Waals surface area contributed by atoms with E-state index in [9.17, 15) is 14.4 Å². The third-order valence-corrected chi connectivity index (χ3v) is 6.59. The lowest BCUT2D eigenvalue weighted by atomic mass is 10.1. The van der Waals surface area contributed by atoms with E-state index in [2.05, 4.69) is 4.90 Å². The zero-order valence-electron chi connectivity index (χ0n) is 20.0. The van der Waals surface area contributed by atoms with Crippen molar-refractivity contribution < 1.29 is 19.1 Å². The van der Waals surface area contributed by atoms with E-state index in [0.29, 0.717) is 29.5 Å². The second-order valence-electron chi connectivity index (χ2n) is 8.34. The Hall–Kier alpha value is -3.01. The van der Waals surface area contributed by atoms with Gasteiger partial charge < -0.3 is 9.64 Å². The molecule has 0 spiro atoms. The number of nitrogens with zero attached hydrogens (tertiary/aromatic N) is 4. The van der Waals surface area contributed by atoms with Crippen LogP contribution in [0.15, 0.2) is 42.5 Å². The van der Waals surface area contributed by atoms with Crippen molar-refractivity contribution in [2.45, 2.75) is 26.2 Å². The van der Waals surface area contributed by atoms with Crippen molar-refractivity contribution >= 4 is 62.5 Å². The molecule has 2 heterocycles. The molecule has 1 aliphatic heterocycles. The van der Waals surface area contributed by atoms with Crippen LogP contribution >= 0.6 is 23.7 Å². The first-order valence-corrected chi connectivity index (χ1v) is 12.1. The summed E-state index contributed by atoms with van der Waals surface area (Å²) in [6.45, 7) is 3.87.